The minimum absolute atomic E-state index is 0.0346. The predicted octanol–water partition coefficient (Wildman–Crippen LogP) is 2.13. The minimum Gasteiger partial charge on any atom is -0.381 e. The molecule has 0 amide bonds. The molecular formula is C14H22N2O2S. The molecule has 2 atom stereocenters. The maximum atomic E-state index is 11.8. The van der Waals surface area contributed by atoms with Crippen molar-refractivity contribution in [3.8, 4) is 0 Å². The van der Waals surface area contributed by atoms with E-state index in [0.29, 0.717) is 0 Å². The van der Waals surface area contributed by atoms with E-state index < -0.39 is 9.84 Å². The molecule has 1 aliphatic carbocycles. The third-order valence-electron chi connectivity index (χ3n) is 3.72. The third kappa shape index (κ3) is 3.41. The van der Waals surface area contributed by atoms with Gasteiger partial charge in [0.05, 0.1) is 5.25 Å². The monoisotopic (exact) mass is 282 g/mol. The summed E-state index contributed by atoms with van der Waals surface area (Å²) in [5.41, 5.74) is 2.10. The zero-order chi connectivity index (χ0) is 14.0. The van der Waals surface area contributed by atoms with Crippen LogP contribution < -0.4 is 10.2 Å². The van der Waals surface area contributed by atoms with E-state index in [1.807, 2.05) is 37.2 Å². The van der Waals surface area contributed by atoms with E-state index in [1.54, 1.807) is 0 Å². The summed E-state index contributed by atoms with van der Waals surface area (Å²) >= 11 is 0. The maximum absolute atomic E-state index is 11.8. The molecule has 2 rings (SSSR count). The van der Waals surface area contributed by atoms with Crippen molar-refractivity contribution in [2.45, 2.75) is 30.6 Å². The Hall–Kier alpha value is -1.23. The summed E-state index contributed by atoms with van der Waals surface area (Å²) in [5, 5.41) is 3.13. The molecule has 1 aromatic carbocycles. The van der Waals surface area contributed by atoms with Gasteiger partial charge in [-0.1, -0.05) is 6.07 Å². The van der Waals surface area contributed by atoms with Gasteiger partial charge in [-0.05, 0) is 37.5 Å². The Morgan fingerprint density at radius 2 is 2.00 bits per heavy atom. The molecule has 0 aromatic heterocycles. The molecule has 0 spiro atoms. The molecule has 1 fully saturated rings. The number of anilines is 2. The lowest BCUT2D eigenvalue weighted by Crippen LogP contribution is -2.34. The standard InChI is InChI=1S/C14H22N2O2S/c1-16(2)12-7-4-6-11(10-12)15-13-8-5-9-14(13)19(3,17)18/h4,6-7,10,13-15H,5,8-9H2,1-3H3. The van der Waals surface area contributed by atoms with E-state index in [1.165, 1.54) is 6.26 Å². The number of benzene rings is 1. The number of sulfone groups is 1. The number of rotatable bonds is 4. The first-order valence-corrected chi connectivity index (χ1v) is 8.56. The second-order valence-electron chi connectivity index (χ2n) is 5.49. The van der Waals surface area contributed by atoms with Gasteiger partial charge in [0.2, 0.25) is 0 Å². The molecule has 2 unspecified atom stereocenters. The van der Waals surface area contributed by atoms with Crippen LogP contribution in [0.1, 0.15) is 19.3 Å². The SMILES string of the molecule is CN(C)c1cccc(NC2CCCC2S(C)(=O)=O)c1. The highest BCUT2D eigenvalue weighted by atomic mass is 32.2. The fourth-order valence-electron chi connectivity index (χ4n) is 2.69. The predicted molar refractivity (Wildman–Crippen MR) is 80.7 cm³/mol. The second kappa shape index (κ2) is 5.41. The lowest BCUT2D eigenvalue weighted by molar-refractivity contribution is 0.579. The van der Waals surface area contributed by atoms with Crippen molar-refractivity contribution < 1.29 is 8.42 Å². The fraction of sp³-hybridized carbons (Fsp3) is 0.571. The minimum atomic E-state index is -2.97. The van der Waals surface area contributed by atoms with E-state index in [-0.39, 0.29) is 11.3 Å². The fourth-order valence-corrected chi connectivity index (χ4v) is 4.09. The number of hydrogen-bond acceptors (Lipinski definition) is 4. The van der Waals surface area contributed by atoms with Crippen LogP contribution in [0.5, 0.6) is 0 Å². The van der Waals surface area contributed by atoms with E-state index in [2.05, 4.69) is 11.4 Å². The zero-order valence-electron chi connectivity index (χ0n) is 11.8. The van der Waals surface area contributed by atoms with Crippen LogP contribution in [0, 0.1) is 0 Å². The summed E-state index contributed by atoms with van der Waals surface area (Å²) in [7, 11) is 1.02. The average molecular weight is 282 g/mol. The van der Waals surface area contributed by atoms with Gasteiger partial charge in [-0.3, -0.25) is 0 Å². The molecule has 0 aliphatic heterocycles. The van der Waals surface area contributed by atoms with Gasteiger partial charge in [0.15, 0.2) is 9.84 Å². The van der Waals surface area contributed by atoms with Crippen molar-refractivity contribution in [2.24, 2.45) is 0 Å². The van der Waals surface area contributed by atoms with Gasteiger partial charge in [0, 0.05) is 37.8 Å². The molecule has 1 aliphatic rings. The Balaban J connectivity index is 2.15. The Morgan fingerprint density at radius 3 is 2.63 bits per heavy atom. The highest BCUT2D eigenvalue weighted by molar-refractivity contribution is 7.91. The van der Waals surface area contributed by atoms with Gasteiger partial charge < -0.3 is 10.2 Å². The lowest BCUT2D eigenvalue weighted by atomic mass is 10.2. The molecule has 0 radical (unpaired) electrons. The summed E-state index contributed by atoms with van der Waals surface area (Å²) in [6.07, 6.45) is 4.00. The number of nitrogens with zero attached hydrogens (tertiary/aromatic N) is 1. The summed E-state index contributed by atoms with van der Waals surface area (Å²) < 4.78 is 23.5. The quantitative estimate of drug-likeness (QED) is 0.919. The van der Waals surface area contributed by atoms with Crippen LogP contribution in [0.15, 0.2) is 24.3 Å². The van der Waals surface area contributed by atoms with Gasteiger partial charge in [-0.2, -0.15) is 0 Å². The smallest absolute Gasteiger partial charge is 0.152 e. The van der Waals surface area contributed by atoms with Crippen LogP contribution in [0.2, 0.25) is 0 Å². The van der Waals surface area contributed by atoms with Crippen LogP contribution in [-0.2, 0) is 9.84 Å². The Labute approximate surface area is 115 Å². The van der Waals surface area contributed by atoms with Gasteiger partial charge in [-0.15, -0.1) is 0 Å². The molecule has 1 saturated carbocycles. The number of nitrogens with one attached hydrogen (secondary N) is 1. The third-order valence-corrected chi connectivity index (χ3v) is 5.38. The maximum Gasteiger partial charge on any atom is 0.152 e. The summed E-state index contributed by atoms with van der Waals surface area (Å²) in [5.74, 6) is 0. The van der Waals surface area contributed by atoms with E-state index in [9.17, 15) is 8.42 Å². The number of hydrogen-bond donors (Lipinski definition) is 1. The Bertz CT molecular complexity index is 540. The summed E-state index contributed by atoms with van der Waals surface area (Å²) in [6.45, 7) is 0. The van der Waals surface area contributed by atoms with Crippen molar-refractivity contribution in [3.05, 3.63) is 24.3 Å². The molecule has 1 aromatic rings. The van der Waals surface area contributed by atoms with Gasteiger partial charge in [-0.25, -0.2) is 8.42 Å². The first kappa shape index (κ1) is 14.2. The highest BCUT2D eigenvalue weighted by Crippen LogP contribution is 2.29. The van der Waals surface area contributed by atoms with E-state index >= 15 is 0 Å². The molecule has 0 bridgehead atoms. The van der Waals surface area contributed by atoms with Crippen molar-refractivity contribution in [3.63, 3.8) is 0 Å². The molecule has 19 heavy (non-hydrogen) atoms. The Kier molecular flexibility index (Phi) is 4.04. The van der Waals surface area contributed by atoms with E-state index in [4.69, 9.17) is 0 Å². The molecule has 106 valence electrons. The van der Waals surface area contributed by atoms with E-state index in [0.717, 1.165) is 30.6 Å². The van der Waals surface area contributed by atoms with Crippen molar-refractivity contribution in [1.82, 2.24) is 0 Å². The van der Waals surface area contributed by atoms with Crippen LogP contribution >= 0.6 is 0 Å². The summed E-state index contributed by atoms with van der Waals surface area (Å²) in [4.78, 5) is 2.04. The first-order valence-electron chi connectivity index (χ1n) is 6.61. The van der Waals surface area contributed by atoms with Gasteiger partial charge in [0.25, 0.3) is 0 Å². The lowest BCUT2D eigenvalue weighted by Gasteiger charge is -2.22. The second-order valence-corrected chi connectivity index (χ2v) is 7.76. The average Bonchev–Trinajstić information content (AvgIpc) is 2.77. The molecule has 0 heterocycles. The van der Waals surface area contributed by atoms with Crippen molar-refractivity contribution in [1.29, 1.82) is 0 Å². The van der Waals surface area contributed by atoms with Gasteiger partial charge in [0.1, 0.15) is 0 Å². The molecule has 0 saturated heterocycles. The molecular weight excluding hydrogens is 260 g/mol. The molecule has 1 N–H and O–H groups in total. The van der Waals surface area contributed by atoms with Crippen LogP contribution in [0.4, 0.5) is 11.4 Å². The van der Waals surface area contributed by atoms with Crippen LogP contribution in [0.3, 0.4) is 0 Å². The van der Waals surface area contributed by atoms with Gasteiger partial charge >= 0.3 is 0 Å². The molecule has 4 nitrogen and oxygen atoms in total. The largest absolute Gasteiger partial charge is 0.381 e. The van der Waals surface area contributed by atoms with Crippen LogP contribution in [0.25, 0.3) is 0 Å². The topological polar surface area (TPSA) is 49.4 Å². The Morgan fingerprint density at radius 1 is 1.26 bits per heavy atom. The molecule has 5 heteroatoms. The zero-order valence-corrected chi connectivity index (χ0v) is 12.6. The first-order chi connectivity index (χ1) is 8.88. The van der Waals surface area contributed by atoms with Crippen LogP contribution in [-0.4, -0.2) is 40.1 Å². The summed E-state index contributed by atoms with van der Waals surface area (Å²) in [6, 6.07) is 8.10. The van der Waals surface area contributed by atoms with Crippen molar-refractivity contribution >= 4 is 21.2 Å². The van der Waals surface area contributed by atoms with Crippen molar-refractivity contribution in [2.75, 3.05) is 30.6 Å². The normalized spacial score (nSPS) is 23.3. The highest BCUT2D eigenvalue weighted by Gasteiger charge is 2.34.